The highest BCUT2D eigenvalue weighted by molar-refractivity contribution is 6.15. The Morgan fingerprint density at radius 2 is 1.83 bits per heavy atom. The minimum Gasteiger partial charge on any atom is -0.497 e. The first-order valence-corrected chi connectivity index (χ1v) is 13.2. The molecule has 2 aromatic heterocycles. The van der Waals surface area contributed by atoms with Gasteiger partial charge in [-0.15, -0.1) is 0 Å². The fourth-order valence-corrected chi connectivity index (χ4v) is 5.61. The molecule has 0 spiro atoms. The van der Waals surface area contributed by atoms with Gasteiger partial charge in [-0.25, -0.2) is 4.79 Å². The van der Waals surface area contributed by atoms with Crippen molar-refractivity contribution < 1.29 is 38.1 Å². The van der Waals surface area contributed by atoms with Crippen LogP contribution in [0.5, 0.6) is 17.2 Å². The van der Waals surface area contributed by atoms with Gasteiger partial charge in [0.05, 0.1) is 30.6 Å². The van der Waals surface area contributed by atoms with E-state index in [2.05, 4.69) is 0 Å². The lowest BCUT2D eigenvalue weighted by atomic mass is 9.88. The maximum atomic E-state index is 13.5. The van der Waals surface area contributed by atoms with Crippen molar-refractivity contribution in [3.8, 4) is 28.6 Å². The average molecular weight is 562 g/mol. The van der Waals surface area contributed by atoms with Gasteiger partial charge in [0.15, 0.2) is 5.76 Å². The molecule has 7 rings (SSSR count). The number of carbonyl (C=O) groups is 3. The van der Waals surface area contributed by atoms with Gasteiger partial charge in [0.25, 0.3) is 0 Å². The van der Waals surface area contributed by atoms with Crippen molar-refractivity contribution in [2.75, 3.05) is 7.11 Å². The predicted molar refractivity (Wildman–Crippen MR) is 152 cm³/mol. The van der Waals surface area contributed by atoms with Crippen LogP contribution in [0.25, 0.3) is 28.3 Å². The Morgan fingerprint density at radius 1 is 1.02 bits per heavy atom. The van der Waals surface area contributed by atoms with Crippen LogP contribution < -0.4 is 14.2 Å². The zero-order chi connectivity index (χ0) is 29.1. The van der Waals surface area contributed by atoms with E-state index in [1.54, 1.807) is 49.6 Å². The van der Waals surface area contributed by atoms with Gasteiger partial charge in [0.2, 0.25) is 5.78 Å². The number of methoxy groups -OCH3 is 1. The van der Waals surface area contributed by atoms with Gasteiger partial charge in [-0.3, -0.25) is 9.59 Å². The summed E-state index contributed by atoms with van der Waals surface area (Å²) < 4.78 is 25.3. The van der Waals surface area contributed by atoms with E-state index >= 15 is 0 Å². The number of esters is 1. The van der Waals surface area contributed by atoms with Gasteiger partial charge in [0.1, 0.15) is 28.8 Å². The Bertz CT molecular complexity index is 1980. The number of Topliss-reactive ketones (excluding diaryl/α,β-unsaturated/α-hetero) is 1. The van der Waals surface area contributed by atoms with Crippen LogP contribution in [0.4, 0.5) is 0 Å². The smallest absolute Gasteiger partial charge is 0.335 e. The van der Waals surface area contributed by atoms with Crippen LogP contribution in [0.3, 0.4) is 0 Å². The second kappa shape index (κ2) is 9.52. The molecule has 9 nitrogen and oxygen atoms in total. The number of allylic oxidation sites excluding steroid dienone is 1. The summed E-state index contributed by atoms with van der Waals surface area (Å²) in [7, 11) is 3.53. The Morgan fingerprint density at radius 3 is 2.60 bits per heavy atom. The lowest BCUT2D eigenvalue weighted by Gasteiger charge is -2.24. The van der Waals surface area contributed by atoms with Crippen molar-refractivity contribution in [3.05, 3.63) is 107 Å². The number of carboxylic acid groups (broad SMARTS) is 1. The van der Waals surface area contributed by atoms with Gasteiger partial charge in [-0.2, -0.15) is 0 Å². The van der Waals surface area contributed by atoms with Gasteiger partial charge in [-0.1, -0.05) is 12.1 Å². The summed E-state index contributed by atoms with van der Waals surface area (Å²) in [6.45, 7) is 0. The second-order valence-corrected chi connectivity index (χ2v) is 10.2. The molecule has 2 aliphatic rings. The van der Waals surface area contributed by atoms with E-state index in [1.807, 2.05) is 36.0 Å². The summed E-state index contributed by atoms with van der Waals surface area (Å²) in [4.78, 5) is 37.3. The van der Waals surface area contributed by atoms with Crippen LogP contribution >= 0.6 is 0 Å². The average Bonchev–Trinajstić information content (AvgIpc) is 3.69. The Hall–Kier alpha value is -5.57. The van der Waals surface area contributed by atoms with E-state index in [0.717, 1.165) is 16.5 Å². The van der Waals surface area contributed by atoms with Gasteiger partial charge in [0, 0.05) is 40.8 Å². The first-order chi connectivity index (χ1) is 20.3. The minimum absolute atomic E-state index is 0.00588. The zero-order valence-electron chi connectivity index (χ0n) is 22.5. The molecule has 208 valence electrons. The fourth-order valence-electron chi connectivity index (χ4n) is 5.61. The summed E-state index contributed by atoms with van der Waals surface area (Å²) in [5.41, 5.74) is 3.55. The molecule has 3 aromatic carbocycles. The monoisotopic (exact) mass is 561 g/mol. The Balaban J connectivity index is 1.27. The van der Waals surface area contributed by atoms with Crippen LogP contribution in [0.15, 0.2) is 83.1 Å². The number of rotatable bonds is 5. The van der Waals surface area contributed by atoms with Gasteiger partial charge in [-0.05, 0) is 60.7 Å². The number of hydrogen-bond donors (Lipinski definition) is 1. The normalized spacial score (nSPS) is 16.7. The number of aromatic carboxylic acids is 1. The van der Waals surface area contributed by atoms with Crippen LogP contribution in [0.2, 0.25) is 0 Å². The van der Waals surface area contributed by atoms with Crippen molar-refractivity contribution in [2.45, 2.75) is 12.3 Å². The van der Waals surface area contributed by atoms with E-state index in [0.29, 0.717) is 45.5 Å². The SMILES string of the molecule is COc1ccc2c(c1)c(/C=C1\Oc3c(ccc4c3[C@H](c3ccc(-c5ccc(C(=O)O)cc5)o3)CC(=O)O4)C1=O)cn2C. The van der Waals surface area contributed by atoms with Crippen LogP contribution in [-0.2, 0) is 11.8 Å². The summed E-state index contributed by atoms with van der Waals surface area (Å²) in [5, 5.41) is 10.1. The van der Waals surface area contributed by atoms with E-state index in [-0.39, 0.29) is 23.5 Å². The number of ether oxygens (including phenoxy) is 3. The number of hydrogen-bond acceptors (Lipinski definition) is 7. The predicted octanol–water partition coefficient (Wildman–Crippen LogP) is 6.20. The summed E-state index contributed by atoms with van der Waals surface area (Å²) in [6.07, 6.45) is 3.63. The molecule has 0 radical (unpaired) electrons. The minimum atomic E-state index is -1.02. The molecule has 5 aromatic rings. The molecule has 1 N–H and O–H groups in total. The topological polar surface area (TPSA) is 117 Å². The number of ketones is 1. The number of aryl methyl sites for hydroxylation is 1. The first kappa shape index (κ1) is 25.4. The van der Waals surface area contributed by atoms with Crippen LogP contribution in [0, 0.1) is 0 Å². The maximum absolute atomic E-state index is 13.5. The quantitative estimate of drug-likeness (QED) is 0.153. The molecule has 2 aliphatic heterocycles. The fraction of sp³-hybridized carbons (Fsp3) is 0.121. The van der Waals surface area contributed by atoms with Crippen molar-refractivity contribution in [1.29, 1.82) is 0 Å². The molecular weight excluding hydrogens is 538 g/mol. The Kier molecular flexibility index (Phi) is 5.76. The molecule has 9 heteroatoms. The molecule has 0 saturated heterocycles. The van der Waals surface area contributed by atoms with Crippen molar-refractivity contribution in [1.82, 2.24) is 4.57 Å². The van der Waals surface area contributed by atoms with Gasteiger partial charge >= 0.3 is 11.9 Å². The third-order valence-electron chi connectivity index (χ3n) is 7.68. The largest absolute Gasteiger partial charge is 0.497 e. The number of carbonyl (C=O) groups excluding carboxylic acids is 2. The van der Waals surface area contributed by atoms with E-state index in [1.165, 1.54) is 12.1 Å². The third kappa shape index (κ3) is 4.05. The van der Waals surface area contributed by atoms with E-state index in [9.17, 15) is 19.5 Å². The molecule has 0 unspecified atom stereocenters. The zero-order valence-corrected chi connectivity index (χ0v) is 22.5. The molecule has 1 atom stereocenters. The van der Waals surface area contributed by atoms with E-state index < -0.39 is 17.9 Å². The van der Waals surface area contributed by atoms with Crippen molar-refractivity contribution in [3.63, 3.8) is 0 Å². The molecule has 0 bridgehead atoms. The molecule has 0 amide bonds. The molecular formula is C33H23NO8. The number of benzene rings is 3. The lowest BCUT2D eigenvalue weighted by molar-refractivity contribution is -0.135. The summed E-state index contributed by atoms with van der Waals surface area (Å²) in [5.74, 6) is 0.224. The lowest BCUT2D eigenvalue weighted by Crippen LogP contribution is -2.21. The third-order valence-corrected chi connectivity index (χ3v) is 7.68. The van der Waals surface area contributed by atoms with Gasteiger partial charge < -0.3 is 28.3 Å². The molecule has 42 heavy (non-hydrogen) atoms. The number of aromatic nitrogens is 1. The molecule has 0 fully saturated rings. The van der Waals surface area contributed by atoms with Crippen LogP contribution in [-0.4, -0.2) is 34.5 Å². The second-order valence-electron chi connectivity index (χ2n) is 10.2. The number of fused-ring (bicyclic) bond motifs is 4. The maximum Gasteiger partial charge on any atom is 0.335 e. The number of nitrogens with zero attached hydrogens (tertiary/aromatic N) is 1. The summed E-state index contributed by atoms with van der Waals surface area (Å²) >= 11 is 0. The number of carboxylic acids is 1. The standard InChI is InChI=1S/C33H23NO8/c1-34-16-19(22-14-20(39-2)7-9-24(22)34)13-28-31(36)21-8-10-27-30(32(21)42-28)23(15-29(35)41-27)26-12-11-25(40-26)17-3-5-18(6-4-17)33(37)38/h3-14,16,23H,15H2,1-2H3,(H,37,38)/b28-13-/t23-/m0/s1. The highest BCUT2D eigenvalue weighted by atomic mass is 16.5. The van der Waals surface area contributed by atoms with Crippen LogP contribution in [0.1, 0.15) is 49.9 Å². The van der Waals surface area contributed by atoms with Crippen molar-refractivity contribution in [2.24, 2.45) is 7.05 Å². The number of furan rings is 1. The highest BCUT2D eigenvalue weighted by Gasteiger charge is 2.39. The molecule has 0 saturated carbocycles. The van der Waals surface area contributed by atoms with E-state index in [4.69, 9.17) is 18.6 Å². The van der Waals surface area contributed by atoms with Crippen molar-refractivity contribution >= 4 is 34.7 Å². The molecule has 4 heterocycles. The summed E-state index contributed by atoms with van der Waals surface area (Å²) in [6, 6.07) is 18.8. The first-order valence-electron chi connectivity index (χ1n) is 13.2. The highest BCUT2D eigenvalue weighted by Crippen LogP contribution is 2.49. The molecule has 0 aliphatic carbocycles. The Labute approximate surface area is 239 Å².